The van der Waals surface area contributed by atoms with E-state index in [1.165, 1.54) is 6.42 Å². The van der Waals surface area contributed by atoms with Crippen molar-refractivity contribution in [1.29, 1.82) is 0 Å². The summed E-state index contributed by atoms with van der Waals surface area (Å²) in [5.74, 6) is 1.05. The fraction of sp³-hybridized carbons (Fsp3) is 0.500. The number of rotatable bonds is 1. The molecule has 1 saturated heterocycles. The molecule has 0 aliphatic carbocycles. The minimum absolute atomic E-state index is 0.657. The molecule has 0 spiro atoms. The smallest absolute Gasteiger partial charge is 0.132 e. The van der Waals surface area contributed by atoms with Gasteiger partial charge in [-0.3, -0.25) is 0 Å². The van der Waals surface area contributed by atoms with Gasteiger partial charge in [-0.15, -0.1) is 0 Å². The van der Waals surface area contributed by atoms with Gasteiger partial charge in [-0.1, -0.05) is 0 Å². The SMILES string of the molecule is C[C@H]1CCN1c1ccncn1. The molecule has 1 aromatic rings. The van der Waals surface area contributed by atoms with E-state index in [0.29, 0.717) is 6.04 Å². The molecule has 2 heterocycles. The Kier molecular flexibility index (Phi) is 1.49. The lowest BCUT2D eigenvalue weighted by molar-refractivity contribution is 0.476. The predicted molar refractivity (Wildman–Crippen MR) is 43.5 cm³/mol. The number of aromatic nitrogens is 2. The molecule has 0 unspecified atom stereocenters. The maximum Gasteiger partial charge on any atom is 0.132 e. The highest BCUT2D eigenvalue weighted by atomic mass is 15.3. The molecule has 11 heavy (non-hydrogen) atoms. The van der Waals surface area contributed by atoms with Crippen molar-refractivity contribution in [1.82, 2.24) is 9.97 Å². The summed E-state index contributed by atoms with van der Waals surface area (Å²) in [6.45, 7) is 3.35. The first kappa shape index (κ1) is 6.58. The van der Waals surface area contributed by atoms with Crippen LogP contribution < -0.4 is 4.90 Å². The Hall–Kier alpha value is -1.12. The van der Waals surface area contributed by atoms with Crippen molar-refractivity contribution >= 4 is 5.82 Å². The van der Waals surface area contributed by atoms with Crippen LogP contribution in [0.4, 0.5) is 5.82 Å². The van der Waals surface area contributed by atoms with Gasteiger partial charge in [0.2, 0.25) is 0 Å². The van der Waals surface area contributed by atoms with E-state index in [-0.39, 0.29) is 0 Å². The summed E-state index contributed by atoms with van der Waals surface area (Å²) < 4.78 is 0. The van der Waals surface area contributed by atoms with E-state index in [2.05, 4.69) is 21.8 Å². The first-order valence-electron chi connectivity index (χ1n) is 3.90. The van der Waals surface area contributed by atoms with Crippen molar-refractivity contribution in [2.75, 3.05) is 11.4 Å². The summed E-state index contributed by atoms with van der Waals surface area (Å²) in [5, 5.41) is 0. The first-order chi connectivity index (χ1) is 5.38. The Morgan fingerprint density at radius 2 is 2.55 bits per heavy atom. The molecule has 1 aromatic heterocycles. The maximum absolute atomic E-state index is 4.17. The van der Waals surface area contributed by atoms with Gasteiger partial charge in [0, 0.05) is 18.8 Å². The number of anilines is 1. The van der Waals surface area contributed by atoms with Gasteiger partial charge in [0.1, 0.15) is 12.1 Å². The van der Waals surface area contributed by atoms with Crippen LogP contribution in [0.5, 0.6) is 0 Å². The average Bonchev–Trinajstić information content (AvgIpc) is 2.04. The fourth-order valence-electron chi connectivity index (χ4n) is 1.31. The zero-order chi connectivity index (χ0) is 7.68. The van der Waals surface area contributed by atoms with Gasteiger partial charge in [0.25, 0.3) is 0 Å². The molecule has 0 bridgehead atoms. The summed E-state index contributed by atoms with van der Waals surface area (Å²) in [6, 6.07) is 2.61. The summed E-state index contributed by atoms with van der Waals surface area (Å²) in [4.78, 5) is 10.3. The normalized spacial score (nSPS) is 23.0. The van der Waals surface area contributed by atoms with Crippen molar-refractivity contribution in [2.45, 2.75) is 19.4 Å². The number of hydrogen-bond acceptors (Lipinski definition) is 3. The van der Waals surface area contributed by atoms with E-state index < -0.39 is 0 Å². The molecule has 1 atom stereocenters. The van der Waals surface area contributed by atoms with Crippen LogP contribution in [0.1, 0.15) is 13.3 Å². The first-order valence-corrected chi connectivity index (χ1v) is 3.90. The van der Waals surface area contributed by atoms with Crippen LogP contribution in [0.3, 0.4) is 0 Å². The Labute approximate surface area is 66.1 Å². The average molecular weight is 149 g/mol. The second-order valence-corrected chi connectivity index (χ2v) is 2.90. The van der Waals surface area contributed by atoms with E-state index in [1.807, 2.05) is 6.07 Å². The molecular weight excluding hydrogens is 138 g/mol. The third-order valence-electron chi connectivity index (χ3n) is 2.18. The van der Waals surface area contributed by atoms with Crippen LogP contribution in [0.25, 0.3) is 0 Å². The van der Waals surface area contributed by atoms with Gasteiger partial charge in [0.15, 0.2) is 0 Å². The van der Waals surface area contributed by atoms with Crippen LogP contribution >= 0.6 is 0 Å². The molecule has 1 fully saturated rings. The molecule has 0 N–H and O–H groups in total. The van der Waals surface area contributed by atoms with E-state index in [4.69, 9.17) is 0 Å². The Balaban J connectivity index is 2.17. The highest BCUT2D eigenvalue weighted by Gasteiger charge is 2.23. The van der Waals surface area contributed by atoms with Gasteiger partial charge in [-0.25, -0.2) is 9.97 Å². The lowest BCUT2D eigenvalue weighted by Gasteiger charge is -2.39. The van der Waals surface area contributed by atoms with Crippen molar-refractivity contribution in [3.05, 3.63) is 18.6 Å². The zero-order valence-electron chi connectivity index (χ0n) is 6.57. The Bertz CT molecular complexity index is 234. The molecule has 3 heteroatoms. The van der Waals surface area contributed by atoms with Crippen LogP contribution in [0, 0.1) is 0 Å². The van der Waals surface area contributed by atoms with Gasteiger partial charge >= 0.3 is 0 Å². The van der Waals surface area contributed by atoms with Crippen LogP contribution in [-0.2, 0) is 0 Å². The van der Waals surface area contributed by atoms with Crippen molar-refractivity contribution in [3.63, 3.8) is 0 Å². The highest BCUT2D eigenvalue weighted by Crippen LogP contribution is 2.22. The molecule has 0 saturated carbocycles. The van der Waals surface area contributed by atoms with Gasteiger partial charge in [0.05, 0.1) is 0 Å². The standard InChI is InChI=1S/C8H11N3/c1-7-3-5-11(7)8-2-4-9-6-10-8/h2,4,6-7H,3,5H2,1H3/t7-/m0/s1. The molecule has 0 aromatic carbocycles. The Morgan fingerprint density at radius 1 is 1.64 bits per heavy atom. The fourth-order valence-corrected chi connectivity index (χ4v) is 1.31. The quantitative estimate of drug-likeness (QED) is 0.598. The molecule has 3 nitrogen and oxygen atoms in total. The van der Waals surface area contributed by atoms with Gasteiger partial charge in [-0.05, 0) is 19.4 Å². The summed E-state index contributed by atoms with van der Waals surface area (Å²) in [6.07, 6.45) is 4.66. The Morgan fingerprint density at radius 3 is 3.00 bits per heavy atom. The summed E-state index contributed by atoms with van der Waals surface area (Å²) >= 11 is 0. The third-order valence-corrected chi connectivity index (χ3v) is 2.18. The second kappa shape index (κ2) is 2.49. The minimum atomic E-state index is 0.657. The van der Waals surface area contributed by atoms with Gasteiger partial charge < -0.3 is 4.90 Å². The molecule has 2 rings (SSSR count). The number of hydrogen-bond donors (Lipinski definition) is 0. The summed E-state index contributed by atoms with van der Waals surface area (Å²) in [5.41, 5.74) is 0. The highest BCUT2D eigenvalue weighted by molar-refractivity contribution is 5.40. The van der Waals surface area contributed by atoms with Crippen LogP contribution in [-0.4, -0.2) is 22.6 Å². The molecule has 1 aliphatic heterocycles. The minimum Gasteiger partial charge on any atom is -0.354 e. The monoisotopic (exact) mass is 149 g/mol. The zero-order valence-corrected chi connectivity index (χ0v) is 6.57. The molecule has 58 valence electrons. The lowest BCUT2D eigenvalue weighted by Crippen LogP contribution is -2.46. The lowest BCUT2D eigenvalue weighted by atomic mass is 10.1. The van der Waals surface area contributed by atoms with Gasteiger partial charge in [-0.2, -0.15) is 0 Å². The topological polar surface area (TPSA) is 29.0 Å². The molecule has 1 aliphatic rings. The largest absolute Gasteiger partial charge is 0.354 e. The van der Waals surface area contributed by atoms with Crippen LogP contribution in [0.15, 0.2) is 18.6 Å². The van der Waals surface area contributed by atoms with E-state index >= 15 is 0 Å². The maximum atomic E-state index is 4.17. The van der Waals surface area contributed by atoms with E-state index in [0.717, 1.165) is 12.4 Å². The second-order valence-electron chi connectivity index (χ2n) is 2.90. The predicted octanol–water partition coefficient (Wildman–Crippen LogP) is 1.08. The molecule has 0 amide bonds. The number of nitrogens with zero attached hydrogens (tertiary/aromatic N) is 3. The molecular formula is C8H11N3. The van der Waals surface area contributed by atoms with E-state index in [1.54, 1.807) is 12.5 Å². The van der Waals surface area contributed by atoms with Crippen LogP contribution in [0.2, 0.25) is 0 Å². The van der Waals surface area contributed by atoms with Crippen molar-refractivity contribution in [3.8, 4) is 0 Å². The third kappa shape index (κ3) is 1.06. The van der Waals surface area contributed by atoms with E-state index in [9.17, 15) is 0 Å². The summed E-state index contributed by atoms with van der Waals surface area (Å²) in [7, 11) is 0. The van der Waals surface area contributed by atoms with Crippen molar-refractivity contribution < 1.29 is 0 Å². The van der Waals surface area contributed by atoms with Crippen molar-refractivity contribution in [2.24, 2.45) is 0 Å². The molecule has 0 radical (unpaired) electrons.